The largest absolute Gasteiger partial charge is 0.443 e. The summed E-state index contributed by atoms with van der Waals surface area (Å²) >= 11 is 6.73. The minimum Gasteiger partial charge on any atom is -0.443 e. The predicted molar refractivity (Wildman–Crippen MR) is 109 cm³/mol. The Bertz CT molecular complexity index is 916. The Labute approximate surface area is 180 Å². The van der Waals surface area contributed by atoms with Gasteiger partial charge in [-0.05, 0) is 63.2 Å². The van der Waals surface area contributed by atoms with E-state index >= 15 is 0 Å². The number of hydrogen-bond acceptors (Lipinski definition) is 4. The Morgan fingerprint density at radius 2 is 1.57 bits per heavy atom. The van der Waals surface area contributed by atoms with Gasteiger partial charge in [0.2, 0.25) is 0 Å². The van der Waals surface area contributed by atoms with E-state index in [1.165, 1.54) is 12.1 Å². The van der Waals surface area contributed by atoms with Gasteiger partial charge < -0.3 is 10.1 Å². The number of rotatable bonds is 3. The van der Waals surface area contributed by atoms with Crippen LogP contribution < -0.4 is 16.2 Å². The van der Waals surface area contributed by atoms with Crippen molar-refractivity contribution in [1.82, 2.24) is 10.9 Å². The van der Waals surface area contributed by atoms with Gasteiger partial charge in [0, 0.05) is 15.5 Å². The lowest BCUT2D eigenvalue weighted by Gasteiger charge is -2.19. The number of benzene rings is 2. The van der Waals surface area contributed by atoms with Crippen molar-refractivity contribution in [3.8, 4) is 0 Å². The van der Waals surface area contributed by atoms with Crippen LogP contribution in [-0.4, -0.2) is 17.7 Å². The number of hydrogen-bond donors (Lipinski definition) is 3. The molecule has 0 saturated heterocycles. The zero-order chi connectivity index (χ0) is 22.5. The third-order valence-corrected chi connectivity index (χ3v) is 4.60. The van der Waals surface area contributed by atoms with E-state index in [-0.39, 0.29) is 5.02 Å². The van der Waals surface area contributed by atoms with Crippen LogP contribution >= 0.6 is 23.4 Å². The van der Waals surface area contributed by atoms with Crippen molar-refractivity contribution in [2.45, 2.75) is 42.3 Å². The predicted octanol–water partition coefficient (Wildman–Crippen LogP) is 6.07. The van der Waals surface area contributed by atoms with Gasteiger partial charge in [-0.3, -0.25) is 0 Å². The van der Waals surface area contributed by atoms with E-state index in [1.807, 2.05) is 0 Å². The summed E-state index contributed by atoms with van der Waals surface area (Å²) in [6.45, 7) is 5.04. The summed E-state index contributed by atoms with van der Waals surface area (Å²) in [4.78, 5) is 24.3. The van der Waals surface area contributed by atoms with Crippen molar-refractivity contribution in [3.05, 3.63) is 53.1 Å². The average molecular weight is 462 g/mol. The van der Waals surface area contributed by atoms with Gasteiger partial charge in [-0.1, -0.05) is 23.4 Å². The standard InChI is InChI=1S/C19H19ClF3N3O3S/c1-18(2,3)29-17(28)26-25-16(27)24-11-4-6-12(7-5-11)30-13-8-9-15(20)14(10-13)19(21,22)23/h4-10H,1-3H3,(H,26,28)(H2,24,25,27). The molecule has 6 nitrogen and oxygen atoms in total. The number of alkyl halides is 3. The Kier molecular flexibility index (Phi) is 7.49. The van der Waals surface area contributed by atoms with Crippen molar-refractivity contribution in [2.75, 3.05) is 5.32 Å². The normalized spacial score (nSPS) is 11.6. The van der Waals surface area contributed by atoms with E-state index in [1.54, 1.807) is 45.0 Å². The zero-order valence-electron chi connectivity index (χ0n) is 16.2. The molecular weight excluding hydrogens is 443 g/mol. The second kappa shape index (κ2) is 9.48. The molecule has 0 fully saturated rings. The molecule has 0 atom stereocenters. The van der Waals surface area contributed by atoms with Gasteiger partial charge in [0.05, 0.1) is 10.6 Å². The number of ether oxygens (including phenoxy) is 1. The highest BCUT2D eigenvalue weighted by molar-refractivity contribution is 7.99. The molecule has 0 aliphatic heterocycles. The quantitative estimate of drug-likeness (QED) is 0.484. The Balaban J connectivity index is 1.93. The molecule has 0 bridgehead atoms. The molecule has 11 heteroatoms. The summed E-state index contributed by atoms with van der Waals surface area (Å²) in [6, 6.07) is 9.36. The molecule has 2 rings (SSSR count). The minimum absolute atomic E-state index is 0.364. The second-order valence-corrected chi connectivity index (χ2v) is 8.53. The van der Waals surface area contributed by atoms with Crippen molar-refractivity contribution in [2.24, 2.45) is 0 Å². The molecule has 162 valence electrons. The Morgan fingerprint density at radius 3 is 2.13 bits per heavy atom. The zero-order valence-corrected chi connectivity index (χ0v) is 17.8. The SMILES string of the molecule is CC(C)(C)OC(=O)NNC(=O)Nc1ccc(Sc2ccc(Cl)c(C(F)(F)F)c2)cc1. The highest BCUT2D eigenvalue weighted by atomic mass is 35.5. The first-order valence-corrected chi connectivity index (χ1v) is 9.73. The molecular formula is C19H19ClF3N3O3S. The first kappa shape index (κ1) is 23.7. The highest BCUT2D eigenvalue weighted by Gasteiger charge is 2.33. The van der Waals surface area contributed by atoms with E-state index in [0.29, 0.717) is 15.5 Å². The van der Waals surface area contributed by atoms with Crippen molar-refractivity contribution >= 4 is 41.2 Å². The van der Waals surface area contributed by atoms with Crippen LogP contribution in [0.25, 0.3) is 0 Å². The average Bonchev–Trinajstić information content (AvgIpc) is 2.61. The molecule has 30 heavy (non-hydrogen) atoms. The van der Waals surface area contributed by atoms with Gasteiger partial charge in [-0.15, -0.1) is 0 Å². The molecule has 3 N–H and O–H groups in total. The van der Waals surface area contributed by atoms with E-state index in [9.17, 15) is 22.8 Å². The molecule has 3 amide bonds. The van der Waals surface area contributed by atoms with Crippen LogP contribution in [0.1, 0.15) is 26.3 Å². The van der Waals surface area contributed by atoms with Gasteiger partial charge in [-0.2, -0.15) is 13.2 Å². The summed E-state index contributed by atoms with van der Waals surface area (Å²) in [5.41, 5.74) is 3.03. The van der Waals surface area contributed by atoms with E-state index in [2.05, 4.69) is 16.2 Å². The molecule has 0 unspecified atom stereocenters. The number of carbonyl (C=O) groups is 2. The van der Waals surface area contributed by atoms with Crippen LogP contribution in [0, 0.1) is 0 Å². The smallest absolute Gasteiger partial charge is 0.426 e. The molecule has 0 heterocycles. The Hall–Kier alpha value is -2.59. The lowest BCUT2D eigenvalue weighted by Crippen LogP contribution is -2.46. The van der Waals surface area contributed by atoms with Crippen LogP contribution in [0.2, 0.25) is 5.02 Å². The first-order chi connectivity index (χ1) is 13.8. The second-order valence-electron chi connectivity index (χ2n) is 6.97. The summed E-state index contributed by atoms with van der Waals surface area (Å²) in [5, 5.41) is 2.13. The van der Waals surface area contributed by atoms with Crippen molar-refractivity contribution in [1.29, 1.82) is 0 Å². The number of anilines is 1. The Morgan fingerprint density at radius 1 is 0.967 bits per heavy atom. The first-order valence-electron chi connectivity index (χ1n) is 8.54. The fourth-order valence-corrected chi connectivity index (χ4v) is 3.18. The third kappa shape index (κ3) is 7.68. The fourth-order valence-electron chi connectivity index (χ4n) is 2.10. The molecule has 0 saturated carbocycles. The number of carbonyl (C=O) groups excluding carboxylic acids is 2. The van der Waals surface area contributed by atoms with Gasteiger partial charge in [0.25, 0.3) is 0 Å². The number of hydrazine groups is 1. The molecule has 0 radical (unpaired) electrons. The maximum Gasteiger partial charge on any atom is 0.426 e. The molecule has 2 aromatic carbocycles. The van der Waals surface area contributed by atoms with Gasteiger partial charge in [0.1, 0.15) is 5.60 Å². The monoisotopic (exact) mass is 461 g/mol. The highest BCUT2D eigenvalue weighted by Crippen LogP contribution is 2.38. The minimum atomic E-state index is -4.54. The number of nitrogens with one attached hydrogen (secondary N) is 3. The molecule has 0 aliphatic carbocycles. The van der Waals surface area contributed by atoms with Gasteiger partial charge >= 0.3 is 18.3 Å². The van der Waals surface area contributed by atoms with Crippen LogP contribution in [0.15, 0.2) is 52.3 Å². The summed E-state index contributed by atoms with van der Waals surface area (Å²) in [5.74, 6) is 0. The van der Waals surface area contributed by atoms with E-state index in [0.717, 1.165) is 17.8 Å². The lowest BCUT2D eigenvalue weighted by molar-refractivity contribution is -0.137. The maximum absolute atomic E-state index is 13.0. The molecule has 0 aromatic heterocycles. The van der Waals surface area contributed by atoms with Crippen molar-refractivity contribution in [3.63, 3.8) is 0 Å². The van der Waals surface area contributed by atoms with Crippen LogP contribution in [0.4, 0.5) is 28.4 Å². The van der Waals surface area contributed by atoms with E-state index in [4.69, 9.17) is 16.3 Å². The molecule has 2 aromatic rings. The van der Waals surface area contributed by atoms with Gasteiger partial charge in [0.15, 0.2) is 0 Å². The van der Waals surface area contributed by atoms with Gasteiger partial charge in [-0.25, -0.2) is 20.4 Å². The topological polar surface area (TPSA) is 79.5 Å². The van der Waals surface area contributed by atoms with Crippen LogP contribution in [-0.2, 0) is 10.9 Å². The van der Waals surface area contributed by atoms with Crippen LogP contribution in [0.5, 0.6) is 0 Å². The third-order valence-electron chi connectivity index (χ3n) is 3.27. The van der Waals surface area contributed by atoms with E-state index < -0.39 is 29.5 Å². The molecule has 0 spiro atoms. The summed E-state index contributed by atoms with van der Waals surface area (Å²) in [6.07, 6.45) is -5.35. The van der Waals surface area contributed by atoms with Crippen molar-refractivity contribution < 1.29 is 27.5 Å². The summed E-state index contributed by atoms with van der Waals surface area (Å²) < 4.78 is 43.9. The fraction of sp³-hybridized carbons (Fsp3) is 0.263. The lowest BCUT2D eigenvalue weighted by atomic mass is 10.2. The number of urea groups is 1. The molecule has 0 aliphatic rings. The summed E-state index contributed by atoms with van der Waals surface area (Å²) in [7, 11) is 0. The number of halogens is 4. The maximum atomic E-state index is 13.0. The van der Waals surface area contributed by atoms with Crippen LogP contribution in [0.3, 0.4) is 0 Å². The number of amides is 3.